The van der Waals surface area contributed by atoms with Gasteiger partial charge in [-0.15, -0.1) is 0 Å². The molecule has 14 heavy (non-hydrogen) atoms. The third-order valence-corrected chi connectivity index (χ3v) is 2.79. The minimum absolute atomic E-state index is 0.223. The molecule has 0 saturated heterocycles. The Labute approximate surface area is 90.2 Å². The van der Waals surface area contributed by atoms with Crippen LogP contribution in [0, 0.1) is 0 Å². The predicted molar refractivity (Wildman–Crippen MR) is 56.9 cm³/mol. The van der Waals surface area contributed by atoms with E-state index in [1.54, 1.807) is 12.3 Å². The SMILES string of the molecule is CSc1nccc(SCC(=O)NN)n1. The topological polar surface area (TPSA) is 80.9 Å². The minimum Gasteiger partial charge on any atom is -0.294 e. The Bertz CT molecular complexity index is 320. The van der Waals surface area contributed by atoms with Gasteiger partial charge in [0.05, 0.1) is 5.75 Å². The number of nitrogens with zero attached hydrogens (tertiary/aromatic N) is 2. The van der Waals surface area contributed by atoms with Crippen LogP contribution in [0.25, 0.3) is 0 Å². The fourth-order valence-corrected chi connectivity index (χ4v) is 1.77. The number of carbonyl (C=O) groups excluding carboxylic acids is 1. The highest BCUT2D eigenvalue weighted by atomic mass is 32.2. The molecule has 0 aliphatic carbocycles. The van der Waals surface area contributed by atoms with E-state index in [0.29, 0.717) is 5.16 Å². The molecule has 1 aromatic heterocycles. The molecule has 5 nitrogen and oxygen atoms in total. The number of hydrogen-bond donors (Lipinski definition) is 2. The summed E-state index contributed by atoms with van der Waals surface area (Å²) in [6.45, 7) is 0. The molecular formula is C7H10N4OS2. The van der Waals surface area contributed by atoms with E-state index in [4.69, 9.17) is 5.84 Å². The Kier molecular flexibility index (Phi) is 4.71. The highest BCUT2D eigenvalue weighted by Crippen LogP contribution is 2.16. The zero-order valence-corrected chi connectivity index (χ0v) is 9.19. The van der Waals surface area contributed by atoms with Gasteiger partial charge in [-0.2, -0.15) is 0 Å². The summed E-state index contributed by atoms with van der Waals surface area (Å²) in [5.41, 5.74) is 2.06. The average molecular weight is 230 g/mol. The number of thioether (sulfide) groups is 2. The molecule has 0 atom stereocenters. The van der Waals surface area contributed by atoms with Crippen molar-refractivity contribution in [1.29, 1.82) is 0 Å². The first kappa shape index (κ1) is 11.3. The lowest BCUT2D eigenvalue weighted by Gasteiger charge is -2.00. The second-order valence-electron chi connectivity index (χ2n) is 2.24. The average Bonchev–Trinajstić information content (AvgIpc) is 2.26. The van der Waals surface area contributed by atoms with Crippen LogP contribution in [0.4, 0.5) is 0 Å². The molecule has 0 aliphatic heterocycles. The van der Waals surface area contributed by atoms with Crippen molar-refractivity contribution < 1.29 is 4.79 Å². The smallest absolute Gasteiger partial charge is 0.244 e. The molecule has 0 aliphatic rings. The molecule has 1 rings (SSSR count). The molecule has 0 unspecified atom stereocenters. The molecule has 76 valence electrons. The maximum Gasteiger partial charge on any atom is 0.244 e. The molecule has 1 heterocycles. The maximum atomic E-state index is 10.8. The molecule has 0 radical (unpaired) electrons. The largest absolute Gasteiger partial charge is 0.294 e. The Morgan fingerprint density at radius 3 is 3.14 bits per heavy atom. The highest BCUT2D eigenvalue weighted by molar-refractivity contribution is 8.00. The van der Waals surface area contributed by atoms with Gasteiger partial charge in [-0.1, -0.05) is 23.5 Å². The van der Waals surface area contributed by atoms with Crippen molar-refractivity contribution in [3.63, 3.8) is 0 Å². The normalized spacial score (nSPS) is 9.86. The first-order chi connectivity index (χ1) is 6.76. The van der Waals surface area contributed by atoms with E-state index in [2.05, 4.69) is 15.4 Å². The zero-order chi connectivity index (χ0) is 10.4. The van der Waals surface area contributed by atoms with E-state index < -0.39 is 0 Å². The fraction of sp³-hybridized carbons (Fsp3) is 0.286. The summed E-state index contributed by atoms with van der Waals surface area (Å²) in [6.07, 6.45) is 3.57. The second-order valence-corrected chi connectivity index (χ2v) is 4.01. The van der Waals surface area contributed by atoms with Gasteiger partial charge >= 0.3 is 0 Å². The van der Waals surface area contributed by atoms with E-state index in [1.807, 2.05) is 6.26 Å². The lowest BCUT2D eigenvalue weighted by atomic mass is 10.7. The Morgan fingerprint density at radius 2 is 2.50 bits per heavy atom. The zero-order valence-electron chi connectivity index (χ0n) is 7.56. The van der Waals surface area contributed by atoms with Crippen LogP contribution < -0.4 is 11.3 Å². The van der Waals surface area contributed by atoms with Crippen LogP contribution in [0.3, 0.4) is 0 Å². The van der Waals surface area contributed by atoms with E-state index in [1.165, 1.54) is 23.5 Å². The van der Waals surface area contributed by atoms with Gasteiger partial charge in [-0.3, -0.25) is 10.2 Å². The first-order valence-corrected chi connectivity index (χ1v) is 5.96. The number of aromatic nitrogens is 2. The van der Waals surface area contributed by atoms with E-state index >= 15 is 0 Å². The van der Waals surface area contributed by atoms with Crippen molar-refractivity contribution in [3.8, 4) is 0 Å². The minimum atomic E-state index is -0.223. The van der Waals surface area contributed by atoms with E-state index in [-0.39, 0.29) is 11.7 Å². The molecular weight excluding hydrogens is 220 g/mol. The maximum absolute atomic E-state index is 10.8. The first-order valence-electron chi connectivity index (χ1n) is 3.75. The van der Waals surface area contributed by atoms with Gasteiger partial charge in [0.25, 0.3) is 0 Å². The van der Waals surface area contributed by atoms with Gasteiger partial charge in [-0.25, -0.2) is 15.8 Å². The Balaban J connectivity index is 2.54. The number of hydrazine groups is 1. The molecule has 3 N–H and O–H groups in total. The third kappa shape index (κ3) is 3.52. The molecule has 1 amide bonds. The summed E-state index contributed by atoms with van der Waals surface area (Å²) in [4.78, 5) is 19.0. The Hall–Kier alpha value is -0.790. The summed E-state index contributed by atoms with van der Waals surface area (Å²) in [7, 11) is 0. The summed E-state index contributed by atoms with van der Waals surface area (Å²) < 4.78 is 0. The molecule has 0 spiro atoms. The van der Waals surface area contributed by atoms with Gasteiger partial charge in [0, 0.05) is 6.20 Å². The number of nitrogens with two attached hydrogens (primary N) is 1. The number of nitrogens with one attached hydrogen (secondary N) is 1. The van der Waals surface area contributed by atoms with Crippen molar-refractivity contribution in [3.05, 3.63) is 12.3 Å². The van der Waals surface area contributed by atoms with Gasteiger partial charge in [0.2, 0.25) is 5.91 Å². The van der Waals surface area contributed by atoms with Crippen molar-refractivity contribution in [1.82, 2.24) is 15.4 Å². The number of amides is 1. The molecule has 1 aromatic rings. The monoisotopic (exact) mass is 230 g/mol. The van der Waals surface area contributed by atoms with Crippen molar-refractivity contribution in [2.45, 2.75) is 10.2 Å². The van der Waals surface area contributed by atoms with Crippen molar-refractivity contribution in [2.24, 2.45) is 5.84 Å². The molecule has 0 aromatic carbocycles. The van der Waals surface area contributed by atoms with Crippen LogP contribution in [0.5, 0.6) is 0 Å². The van der Waals surface area contributed by atoms with Crippen LogP contribution in [0.15, 0.2) is 22.4 Å². The molecule has 0 saturated carbocycles. The van der Waals surface area contributed by atoms with Gasteiger partial charge in [0.15, 0.2) is 5.16 Å². The lowest BCUT2D eigenvalue weighted by Crippen LogP contribution is -2.31. The summed E-state index contributed by atoms with van der Waals surface area (Å²) in [6, 6.07) is 1.76. The highest BCUT2D eigenvalue weighted by Gasteiger charge is 2.02. The van der Waals surface area contributed by atoms with Crippen LogP contribution in [0.2, 0.25) is 0 Å². The Morgan fingerprint density at radius 1 is 1.71 bits per heavy atom. The van der Waals surface area contributed by atoms with E-state index in [9.17, 15) is 4.79 Å². The van der Waals surface area contributed by atoms with Crippen LogP contribution in [-0.4, -0.2) is 27.9 Å². The molecule has 7 heteroatoms. The van der Waals surface area contributed by atoms with Crippen LogP contribution in [-0.2, 0) is 4.79 Å². The van der Waals surface area contributed by atoms with Crippen LogP contribution in [0.1, 0.15) is 0 Å². The summed E-state index contributed by atoms with van der Waals surface area (Å²) in [5, 5.41) is 1.47. The van der Waals surface area contributed by atoms with Gasteiger partial charge in [0.1, 0.15) is 5.03 Å². The standard InChI is InChI=1S/C7H10N4OS2/c1-13-7-9-3-2-6(10-7)14-4-5(12)11-8/h2-3H,4,8H2,1H3,(H,11,12). The fourth-order valence-electron chi connectivity index (χ4n) is 0.685. The molecule has 0 bridgehead atoms. The van der Waals surface area contributed by atoms with Crippen LogP contribution >= 0.6 is 23.5 Å². The third-order valence-electron chi connectivity index (χ3n) is 1.30. The van der Waals surface area contributed by atoms with Crippen molar-refractivity contribution >= 4 is 29.4 Å². The van der Waals surface area contributed by atoms with Gasteiger partial charge < -0.3 is 0 Å². The quantitative estimate of drug-likeness (QED) is 0.193. The summed E-state index contributed by atoms with van der Waals surface area (Å²) in [5.74, 6) is 4.98. The van der Waals surface area contributed by atoms with Gasteiger partial charge in [-0.05, 0) is 12.3 Å². The number of hydrogen-bond acceptors (Lipinski definition) is 6. The number of rotatable bonds is 4. The molecule has 0 fully saturated rings. The van der Waals surface area contributed by atoms with Crippen molar-refractivity contribution in [2.75, 3.05) is 12.0 Å². The second kappa shape index (κ2) is 5.84. The number of carbonyl (C=O) groups is 1. The summed E-state index contributed by atoms with van der Waals surface area (Å²) >= 11 is 2.79. The van der Waals surface area contributed by atoms with E-state index in [0.717, 1.165) is 5.03 Å². The lowest BCUT2D eigenvalue weighted by molar-refractivity contribution is -0.118. The predicted octanol–water partition coefficient (Wildman–Crippen LogP) is 0.280.